The predicted molar refractivity (Wildman–Crippen MR) is 239 cm³/mol. The van der Waals surface area contributed by atoms with Crippen LogP contribution in [0.5, 0.6) is 11.5 Å². The van der Waals surface area contributed by atoms with Crippen LogP contribution in [0.2, 0.25) is 0 Å². The molecule has 0 radical (unpaired) electrons. The van der Waals surface area contributed by atoms with Crippen LogP contribution in [-0.2, 0) is 33.9 Å². The fraction of sp³-hybridized carbons (Fsp3) is 0.348. The molecule has 1 N–H and O–H groups in total. The molecule has 2 aliphatic heterocycles. The van der Waals surface area contributed by atoms with Crippen LogP contribution in [0.3, 0.4) is 0 Å². The molecule has 2 saturated heterocycles. The van der Waals surface area contributed by atoms with Crippen molar-refractivity contribution in [1.82, 2.24) is 25.3 Å². The van der Waals surface area contributed by atoms with E-state index in [0.717, 1.165) is 30.5 Å². The Bertz CT molecular complexity index is 2650. The van der Waals surface area contributed by atoms with Gasteiger partial charge in [-0.25, -0.2) is 18.0 Å². The van der Waals surface area contributed by atoms with Gasteiger partial charge in [-0.15, -0.1) is 10.2 Å². The Hall–Kier alpha value is -7.17. The summed E-state index contributed by atoms with van der Waals surface area (Å²) in [6.07, 6.45) is -6.72. The lowest BCUT2D eigenvalue weighted by atomic mass is 10.1. The minimum atomic E-state index is -5.08. The highest BCUT2D eigenvalue weighted by atomic mass is 32.2. The number of sulfone groups is 1. The van der Waals surface area contributed by atoms with E-state index < -0.39 is 52.3 Å². The van der Waals surface area contributed by atoms with Crippen molar-refractivity contribution in [1.29, 1.82) is 0 Å². The van der Waals surface area contributed by atoms with Crippen molar-refractivity contribution in [2.45, 2.75) is 44.7 Å². The number of piperidine rings is 1. The van der Waals surface area contributed by atoms with Gasteiger partial charge in [0.15, 0.2) is 15.6 Å². The number of carbonyl (C=O) groups excluding carboxylic acids is 4. The number of ether oxygens (including phenoxy) is 2. The molecule has 3 heterocycles. The van der Waals surface area contributed by atoms with Crippen molar-refractivity contribution in [3.8, 4) is 23.0 Å². The smallest absolute Gasteiger partial charge is 0.471 e. The minimum absolute atomic E-state index is 0.0604. The number of rotatable bonds is 12. The molecular formula is C46H47F6N7O9S. The highest BCUT2D eigenvalue weighted by Crippen LogP contribution is 2.31. The summed E-state index contributed by atoms with van der Waals surface area (Å²) in [5.74, 6) is -3.51. The van der Waals surface area contributed by atoms with Gasteiger partial charge in [0, 0.05) is 48.7 Å². The third kappa shape index (κ3) is 14.0. The summed E-state index contributed by atoms with van der Waals surface area (Å²) in [6.45, 7) is 1.10. The number of carbonyl (C=O) groups is 4. The van der Waals surface area contributed by atoms with Gasteiger partial charge in [0.2, 0.25) is 5.89 Å². The molecule has 0 unspecified atom stereocenters. The molecule has 4 aromatic carbocycles. The van der Waals surface area contributed by atoms with Crippen LogP contribution in [0, 0.1) is 0 Å². The Balaban J connectivity index is 0.000000227. The number of alkyl halides is 6. The molecule has 0 saturated carbocycles. The van der Waals surface area contributed by atoms with Gasteiger partial charge >= 0.3 is 36.2 Å². The van der Waals surface area contributed by atoms with Gasteiger partial charge in [-0.2, -0.15) is 26.3 Å². The van der Waals surface area contributed by atoms with E-state index in [-0.39, 0.29) is 48.6 Å². The van der Waals surface area contributed by atoms with Crippen LogP contribution in [0.4, 0.5) is 47.3 Å². The number of urea groups is 2. The summed E-state index contributed by atoms with van der Waals surface area (Å²) >= 11 is 0. The predicted octanol–water partition coefficient (Wildman–Crippen LogP) is 7.79. The maximum atomic E-state index is 13.3. The first-order valence-electron chi connectivity index (χ1n) is 21.3. The maximum absolute atomic E-state index is 13.3. The monoisotopic (exact) mass is 987 g/mol. The van der Waals surface area contributed by atoms with Gasteiger partial charge in [0.05, 0.1) is 45.4 Å². The molecule has 23 heteroatoms. The first-order chi connectivity index (χ1) is 32.7. The molecule has 69 heavy (non-hydrogen) atoms. The zero-order valence-corrected chi connectivity index (χ0v) is 38.1. The third-order valence-electron chi connectivity index (χ3n) is 11.0. The number of hydrogen-bond donors (Lipinski definition) is 1. The lowest BCUT2D eigenvalue weighted by molar-refractivity contribution is -0.173. The van der Waals surface area contributed by atoms with Crippen molar-refractivity contribution in [2.24, 2.45) is 0 Å². The van der Waals surface area contributed by atoms with E-state index in [1.165, 1.54) is 34.4 Å². The second-order valence-corrected chi connectivity index (χ2v) is 18.0. The molecule has 5 aromatic rings. The lowest BCUT2D eigenvalue weighted by Crippen LogP contribution is -2.49. The first kappa shape index (κ1) is 51.2. The van der Waals surface area contributed by atoms with E-state index in [1.54, 1.807) is 84.8 Å². The molecule has 2 fully saturated rings. The number of benzene rings is 4. The topological polar surface area (TPSA) is 185 Å². The molecule has 0 aliphatic carbocycles. The largest absolute Gasteiger partial charge is 0.497 e. The quantitative estimate of drug-likeness (QED) is 0.0951. The fourth-order valence-electron chi connectivity index (χ4n) is 7.12. The molecule has 0 spiro atoms. The van der Waals surface area contributed by atoms with Crippen molar-refractivity contribution in [3.63, 3.8) is 0 Å². The Morgan fingerprint density at radius 2 is 1.12 bits per heavy atom. The van der Waals surface area contributed by atoms with Crippen molar-refractivity contribution in [3.05, 3.63) is 120 Å². The average Bonchev–Trinajstić information content (AvgIpc) is 3.86. The van der Waals surface area contributed by atoms with E-state index in [9.17, 15) is 53.9 Å². The average molecular weight is 988 g/mol. The lowest BCUT2D eigenvalue weighted by Gasteiger charge is -2.33. The number of ketones is 1. The zero-order valence-electron chi connectivity index (χ0n) is 37.3. The number of methoxy groups -OCH3 is 2. The van der Waals surface area contributed by atoms with E-state index in [1.807, 2.05) is 17.0 Å². The Labute approximate surface area is 392 Å². The van der Waals surface area contributed by atoms with E-state index in [2.05, 4.69) is 10.2 Å². The molecule has 16 nitrogen and oxygen atoms in total. The van der Waals surface area contributed by atoms with Crippen molar-refractivity contribution >= 4 is 45.0 Å². The summed E-state index contributed by atoms with van der Waals surface area (Å²) in [6, 6.07) is 26.0. The van der Waals surface area contributed by atoms with Crippen molar-refractivity contribution < 1.29 is 67.8 Å². The summed E-state index contributed by atoms with van der Waals surface area (Å²) in [7, 11) is -0.107. The molecule has 1 aromatic heterocycles. The number of anilines is 2. The Morgan fingerprint density at radius 3 is 1.55 bits per heavy atom. The van der Waals surface area contributed by atoms with Crippen LogP contribution in [0.25, 0.3) is 11.5 Å². The van der Waals surface area contributed by atoms with Gasteiger partial charge in [0.25, 0.3) is 0 Å². The summed E-state index contributed by atoms with van der Waals surface area (Å²) in [4.78, 5) is 56.1. The molecule has 2 aliphatic rings. The Kier molecular flexibility index (Phi) is 16.6. The van der Waals surface area contributed by atoms with Crippen LogP contribution >= 0.6 is 0 Å². The van der Waals surface area contributed by atoms with Gasteiger partial charge < -0.3 is 29.0 Å². The maximum Gasteiger partial charge on any atom is 0.471 e. The number of hydrogen-bond acceptors (Lipinski definition) is 11. The van der Waals surface area contributed by atoms with Crippen LogP contribution in [0.1, 0.15) is 46.6 Å². The normalized spacial score (nSPS) is 14.7. The molecule has 7 rings (SSSR count). The molecule has 5 amide bonds. The first-order valence-corrected chi connectivity index (χ1v) is 23.2. The van der Waals surface area contributed by atoms with E-state index >= 15 is 0 Å². The molecular weight excluding hydrogens is 941 g/mol. The van der Waals surface area contributed by atoms with Crippen molar-refractivity contribution in [2.75, 3.05) is 68.2 Å². The summed E-state index contributed by atoms with van der Waals surface area (Å²) in [5, 5.41) is 8.06. The van der Waals surface area contributed by atoms with Crippen LogP contribution in [-0.4, -0.2) is 117 Å². The summed E-state index contributed by atoms with van der Waals surface area (Å²) in [5.41, 5.74) is 3.12. The van der Waals surface area contributed by atoms with Gasteiger partial charge in [-0.1, -0.05) is 36.4 Å². The highest BCUT2D eigenvalue weighted by molar-refractivity contribution is 7.91. The number of amides is 5. The second-order valence-electron chi connectivity index (χ2n) is 15.7. The Morgan fingerprint density at radius 1 is 0.652 bits per heavy atom. The molecule has 368 valence electrons. The molecule has 0 bridgehead atoms. The van der Waals surface area contributed by atoms with Gasteiger partial charge in [-0.05, 0) is 91.1 Å². The number of halogens is 6. The standard InChI is InChI=1S/C23H23F3N4O3.C23H24F3N3O6S/c1-32-19-11-9-18(10-12-19)30(22(31)29-13-3-2-4-14-29)15-16-5-7-17(8-6-16)20-27-28-21(33-20)23(24,25)26;1-35-19-8-6-18(7-9-19)29(22(32)28-10-12-36(33,34)13-11-28)15-16-2-4-17(5-3-16)20(30)14-27-21(31)23(24,25)26/h5-12H,2-4,13-15H2,1H3;2-9H,10-15H2,1H3,(H,27,31). The minimum Gasteiger partial charge on any atom is -0.497 e. The number of nitrogens with one attached hydrogen (secondary N) is 1. The second kappa shape index (κ2) is 22.3. The van der Waals surface area contributed by atoms with E-state index in [4.69, 9.17) is 13.9 Å². The zero-order chi connectivity index (χ0) is 49.9. The van der Waals surface area contributed by atoms with Gasteiger partial charge in [-0.3, -0.25) is 19.4 Å². The SMILES string of the molecule is COc1ccc(N(Cc2ccc(-c3nnc(C(F)(F)F)o3)cc2)C(=O)N2CCCCC2)cc1.COc1ccc(N(Cc2ccc(C(=O)CNC(=O)C(F)(F)F)cc2)C(=O)N2CCS(=O)(=O)CC2)cc1. The van der Waals surface area contributed by atoms with Crippen LogP contribution < -0.4 is 24.6 Å². The third-order valence-corrected chi connectivity index (χ3v) is 12.6. The number of likely N-dealkylation sites (tertiary alicyclic amines) is 1. The number of Topliss-reactive ketones (excluding diaryl/α,β-unsaturated/α-hetero) is 1. The number of aromatic nitrogens is 2. The summed E-state index contributed by atoms with van der Waals surface area (Å²) < 4.78 is 114. The fourth-order valence-corrected chi connectivity index (χ4v) is 8.33. The van der Waals surface area contributed by atoms with Gasteiger partial charge in [0.1, 0.15) is 11.5 Å². The number of nitrogens with zero attached hydrogens (tertiary/aromatic N) is 6. The highest BCUT2D eigenvalue weighted by Gasteiger charge is 2.39. The molecule has 0 atom stereocenters. The van der Waals surface area contributed by atoms with Crippen LogP contribution in [0.15, 0.2) is 101 Å². The van der Waals surface area contributed by atoms with E-state index in [0.29, 0.717) is 47.9 Å².